The van der Waals surface area contributed by atoms with E-state index in [1.165, 1.54) is 12.1 Å². The zero-order valence-electron chi connectivity index (χ0n) is 9.91. The van der Waals surface area contributed by atoms with Gasteiger partial charge in [-0.15, -0.1) is 0 Å². The highest BCUT2D eigenvalue weighted by molar-refractivity contribution is 5.86. The molecule has 0 saturated carbocycles. The van der Waals surface area contributed by atoms with Crippen LogP contribution in [-0.4, -0.2) is 12.1 Å². The number of rotatable bonds is 2. The van der Waals surface area contributed by atoms with E-state index in [4.69, 9.17) is 4.74 Å². The molecule has 0 radical (unpaired) electrons. The number of fused-ring (bicyclic) bond motifs is 1. The van der Waals surface area contributed by atoms with Gasteiger partial charge >= 0.3 is 0 Å². The van der Waals surface area contributed by atoms with Crippen molar-refractivity contribution in [1.29, 1.82) is 0 Å². The fourth-order valence-electron chi connectivity index (χ4n) is 2.02. The van der Waals surface area contributed by atoms with E-state index in [0.29, 0.717) is 0 Å². The molecule has 1 aromatic heterocycles. The van der Waals surface area contributed by atoms with E-state index in [0.717, 1.165) is 27.9 Å². The van der Waals surface area contributed by atoms with Crippen LogP contribution in [0.1, 0.15) is 0 Å². The van der Waals surface area contributed by atoms with E-state index in [2.05, 4.69) is 4.98 Å². The fourth-order valence-corrected chi connectivity index (χ4v) is 2.02. The third-order valence-electron chi connectivity index (χ3n) is 2.98. The van der Waals surface area contributed by atoms with Crippen molar-refractivity contribution in [3.63, 3.8) is 0 Å². The molecule has 2 nitrogen and oxygen atoms in total. The summed E-state index contributed by atoms with van der Waals surface area (Å²) in [5.41, 5.74) is 2.97. The summed E-state index contributed by atoms with van der Waals surface area (Å²) in [5.74, 6) is 0.601. The highest BCUT2D eigenvalue weighted by Crippen LogP contribution is 2.26. The van der Waals surface area contributed by atoms with Crippen LogP contribution in [0.25, 0.3) is 22.2 Å². The molecule has 3 rings (SSSR count). The van der Waals surface area contributed by atoms with E-state index in [-0.39, 0.29) is 5.82 Å². The molecule has 90 valence electrons. The molecule has 0 amide bonds. The van der Waals surface area contributed by atoms with E-state index in [9.17, 15) is 4.39 Å². The maximum Gasteiger partial charge on any atom is 0.123 e. The molecule has 0 spiro atoms. The molecule has 3 aromatic rings. The summed E-state index contributed by atoms with van der Waals surface area (Å²) in [6.45, 7) is 0. The van der Waals surface area contributed by atoms with E-state index < -0.39 is 0 Å². The fraction of sp³-hybridized carbons (Fsp3) is 0.0667. The number of halogens is 1. The van der Waals surface area contributed by atoms with Crippen molar-refractivity contribution in [1.82, 2.24) is 4.98 Å². The van der Waals surface area contributed by atoms with Crippen LogP contribution >= 0.6 is 0 Å². The smallest absolute Gasteiger partial charge is 0.123 e. The molecule has 0 saturated heterocycles. The number of methoxy groups -OCH3 is 1. The highest BCUT2D eigenvalue weighted by Gasteiger charge is 2.04. The number of aromatic amines is 1. The lowest BCUT2D eigenvalue weighted by Gasteiger charge is -1.97. The van der Waals surface area contributed by atoms with Crippen LogP contribution in [0.3, 0.4) is 0 Å². The second kappa shape index (κ2) is 4.18. The Morgan fingerprint density at radius 1 is 1.00 bits per heavy atom. The van der Waals surface area contributed by atoms with Gasteiger partial charge in [-0.3, -0.25) is 0 Å². The highest BCUT2D eigenvalue weighted by atomic mass is 19.1. The molecule has 0 atom stereocenters. The predicted octanol–water partition coefficient (Wildman–Crippen LogP) is 3.98. The number of H-pyrrole nitrogens is 1. The summed E-state index contributed by atoms with van der Waals surface area (Å²) in [4.78, 5) is 3.30. The molecule has 0 bridgehead atoms. The maximum atomic E-state index is 12.9. The Balaban J connectivity index is 2.10. The van der Waals surface area contributed by atoms with Gasteiger partial charge in [0.25, 0.3) is 0 Å². The molecule has 0 aliphatic heterocycles. The van der Waals surface area contributed by atoms with Gasteiger partial charge in [-0.05, 0) is 54.1 Å². The van der Waals surface area contributed by atoms with Crippen molar-refractivity contribution in [3.8, 4) is 17.0 Å². The Morgan fingerprint density at radius 3 is 2.50 bits per heavy atom. The average Bonchev–Trinajstić information content (AvgIpc) is 2.82. The Hall–Kier alpha value is -2.29. The van der Waals surface area contributed by atoms with E-state index in [1.807, 2.05) is 24.3 Å². The van der Waals surface area contributed by atoms with Gasteiger partial charge in [-0.1, -0.05) is 0 Å². The summed E-state index contributed by atoms with van der Waals surface area (Å²) in [5, 5.41) is 1.08. The normalized spacial score (nSPS) is 10.8. The third kappa shape index (κ3) is 1.84. The van der Waals surface area contributed by atoms with Crippen molar-refractivity contribution in [2.75, 3.05) is 7.11 Å². The summed E-state index contributed by atoms with van der Waals surface area (Å²) in [6.07, 6.45) is 0. The molecule has 0 fully saturated rings. The van der Waals surface area contributed by atoms with Crippen molar-refractivity contribution < 1.29 is 9.13 Å². The topological polar surface area (TPSA) is 25.0 Å². The van der Waals surface area contributed by atoms with Crippen molar-refractivity contribution in [2.45, 2.75) is 0 Å². The van der Waals surface area contributed by atoms with E-state index >= 15 is 0 Å². The Morgan fingerprint density at radius 2 is 1.78 bits per heavy atom. The molecular weight excluding hydrogens is 229 g/mol. The maximum absolute atomic E-state index is 12.9. The molecular formula is C15H12FNO. The largest absolute Gasteiger partial charge is 0.497 e. The predicted molar refractivity (Wildman–Crippen MR) is 70.2 cm³/mol. The number of aromatic nitrogens is 1. The van der Waals surface area contributed by atoms with Gasteiger partial charge in [0, 0.05) is 16.6 Å². The molecule has 1 N–H and O–H groups in total. The minimum absolute atomic E-state index is 0.225. The molecule has 18 heavy (non-hydrogen) atoms. The lowest BCUT2D eigenvalue weighted by atomic mass is 10.1. The first kappa shape index (κ1) is 10.8. The molecule has 0 aliphatic carbocycles. The monoisotopic (exact) mass is 241 g/mol. The van der Waals surface area contributed by atoms with Crippen molar-refractivity contribution in [3.05, 3.63) is 54.3 Å². The van der Waals surface area contributed by atoms with Crippen LogP contribution in [0.2, 0.25) is 0 Å². The molecule has 0 aliphatic rings. The second-order valence-electron chi connectivity index (χ2n) is 4.14. The SMILES string of the molecule is COc1ccc2[nH]c(-c3ccc(F)cc3)cc2c1. The van der Waals surface area contributed by atoms with E-state index in [1.54, 1.807) is 19.2 Å². The van der Waals surface area contributed by atoms with Crippen LogP contribution in [0, 0.1) is 5.82 Å². The Kier molecular flexibility index (Phi) is 2.52. The van der Waals surface area contributed by atoms with Crippen molar-refractivity contribution >= 4 is 10.9 Å². The zero-order chi connectivity index (χ0) is 12.5. The lowest BCUT2D eigenvalue weighted by molar-refractivity contribution is 0.415. The van der Waals surface area contributed by atoms with Crippen molar-refractivity contribution in [2.24, 2.45) is 0 Å². The van der Waals surface area contributed by atoms with Crippen LogP contribution in [-0.2, 0) is 0 Å². The average molecular weight is 241 g/mol. The molecule has 3 heteroatoms. The first-order valence-electron chi connectivity index (χ1n) is 5.69. The summed E-state index contributed by atoms with van der Waals surface area (Å²) in [6, 6.07) is 14.3. The number of benzene rings is 2. The first-order valence-corrected chi connectivity index (χ1v) is 5.69. The van der Waals surface area contributed by atoms with Gasteiger partial charge < -0.3 is 9.72 Å². The summed E-state index contributed by atoms with van der Waals surface area (Å²) >= 11 is 0. The molecule has 2 aromatic carbocycles. The van der Waals surface area contributed by atoms with Gasteiger partial charge in [0.1, 0.15) is 11.6 Å². The van der Waals surface area contributed by atoms with Crippen LogP contribution in [0.4, 0.5) is 4.39 Å². The number of nitrogens with one attached hydrogen (secondary N) is 1. The molecule has 1 heterocycles. The van der Waals surface area contributed by atoms with Gasteiger partial charge in [-0.2, -0.15) is 0 Å². The lowest BCUT2D eigenvalue weighted by Crippen LogP contribution is -1.80. The van der Waals surface area contributed by atoms with Gasteiger partial charge in [-0.25, -0.2) is 4.39 Å². The summed E-state index contributed by atoms with van der Waals surface area (Å²) < 4.78 is 18.1. The minimum atomic E-state index is -0.225. The number of hydrogen-bond donors (Lipinski definition) is 1. The number of ether oxygens (including phenoxy) is 1. The first-order chi connectivity index (χ1) is 8.76. The molecule has 0 unspecified atom stereocenters. The number of hydrogen-bond acceptors (Lipinski definition) is 1. The van der Waals surface area contributed by atoms with Gasteiger partial charge in [0.2, 0.25) is 0 Å². The Bertz CT molecular complexity index is 685. The van der Waals surface area contributed by atoms with Crippen LogP contribution < -0.4 is 4.74 Å². The van der Waals surface area contributed by atoms with Gasteiger partial charge in [0.15, 0.2) is 0 Å². The summed E-state index contributed by atoms with van der Waals surface area (Å²) in [7, 11) is 1.65. The minimum Gasteiger partial charge on any atom is -0.497 e. The standard InChI is InChI=1S/C15H12FNO/c1-18-13-6-7-14-11(8-13)9-15(17-14)10-2-4-12(16)5-3-10/h2-9,17H,1H3. The van der Waals surface area contributed by atoms with Gasteiger partial charge in [0.05, 0.1) is 7.11 Å². The Labute approximate surface area is 104 Å². The second-order valence-corrected chi connectivity index (χ2v) is 4.14. The zero-order valence-corrected chi connectivity index (χ0v) is 9.91. The van der Waals surface area contributed by atoms with Crippen LogP contribution in [0.5, 0.6) is 5.75 Å². The third-order valence-corrected chi connectivity index (χ3v) is 2.98. The van der Waals surface area contributed by atoms with Crippen LogP contribution in [0.15, 0.2) is 48.5 Å². The quantitative estimate of drug-likeness (QED) is 0.721.